The maximum Gasteiger partial charge on any atom is 0.306 e. The molecule has 1 heterocycles. The van der Waals surface area contributed by atoms with Crippen LogP contribution in [0.15, 0.2) is 0 Å². The number of nitrogen functional groups attached to an aromatic ring is 1. The number of hydrogen-bond acceptors (Lipinski definition) is 4. The van der Waals surface area contributed by atoms with E-state index in [0.29, 0.717) is 12.8 Å². The maximum absolute atomic E-state index is 10.7. The van der Waals surface area contributed by atoms with E-state index in [2.05, 4.69) is 15.2 Å². The van der Waals surface area contributed by atoms with Crippen LogP contribution >= 0.6 is 0 Å². The molecule has 1 aliphatic carbocycles. The van der Waals surface area contributed by atoms with E-state index in [-0.39, 0.29) is 17.8 Å². The third kappa shape index (κ3) is 2.08. The van der Waals surface area contributed by atoms with Gasteiger partial charge in [-0.15, -0.1) is 5.10 Å². The summed E-state index contributed by atoms with van der Waals surface area (Å²) in [6.07, 6.45) is 3.10. The minimum absolute atomic E-state index is 0.193. The molecule has 6 nitrogen and oxygen atoms in total. The molecule has 0 aliphatic heterocycles. The number of rotatable bonds is 2. The fourth-order valence-electron chi connectivity index (χ4n) is 2.08. The molecule has 15 heavy (non-hydrogen) atoms. The van der Waals surface area contributed by atoms with E-state index in [1.807, 2.05) is 0 Å². The van der Waals surface area contributed by atoms with Gasteiger partial charge in [-0.1, -0.05) is 0 Å². The summed E-state index contributed by atoms with van der Waals surface area (Å²) in [7, 11) is 0. The molecular formula is C9H14N4O2. The van der Waals surface area contributed by atoms with Crippen LogP contribution in [0.5, 0.6) is 0 Å². The number of carbonyl (C=O) groups is 1. The van der Waals surface area contributed by atoms with Crippen LogP contribution in [0.25, 0.3) is 0 Å². The molecule has 0 unspecified atom stereocenters. The zero-order valence-corrected chi connectivity index (χ0v) is 8.31. The van der Waals surface area contributed by atoms with Crippen LogP contribution in [0.3, 0.4) is 0 Å². The molecule has 1 aromatic heterocycles. The van der Waals surface area contributed by atoms with Gasteiger partial charge in [-0.2, -0.15) is 4.98 Å². The molecule has 4 N–H and O–H groups in total. The number of anilines is 1. The lowest BCUT2D eigenvalue weighted by atomic mass is 9.82. The molecule has 0 radical (unpaired) electrons. The fourth-order valence-corrected chi connectivity index (χ4v) is 2.08. The molecule has 0 aromatic carbocycles. The first-order chi connectivity index (χ1) is 7.16. The molecule has 6 heteroatoms. The fraction of sp³-hybridized carbons (Fsp3) is 0.667. The predicted octanol–water partition coefficient (Wildman–Crippen LogP) is 0.745. The molecule has 0 saturated heterocycles. The van der Waals surface area contributed by atoms with Crippen molar-refractivity contribution >= 4 is 11.9 Å². The van der Waals surface area contributed by atoms with Gasteiger partial charge in [-0.05, 0) is 25.7 Å². The normalized spacial score (nSPS) is 26.4. The molecule has 1 aliphatic rings. The number of aromatic amines is 1. The molecule has 2 rings (SSSR count). The maximum atomic E-state index is 10.7. The third-order valence-electron chi connectivity index (χ3n) is 2.98. The summed E-state index contributed by atoms with van der Waals surface area (Å²) in [4.78, 5) is 14.8. The van der Waals surface area contributed by atoms with Crippen LogP contribution in [0.2, 0.25) is 0 Å². The summed E-state index contributed by atoms with van der Waals surface area (Å²) < 4.78 is 0. The lowest BCUT2D eigenvalue weighted by Gasteiger charge is -2.24. The van der Waals surface area contributed by atoms with Crippen molar-refractivity contribution in [1.82, 2.24) is 15.2 Å². The van der Waals surface area contributed by atoms with Crippen LogP contribution in [-0.2, 0) is 4.79 Å². The molecule has 1 fully saturated rings. The number of H-pyrrole nitrogens is 1. The second-order valence-corrected chi connectivity index (χ2v) is 3.97. The summed E-state index contributed by atoms with van der Waals surface area (Å²) in [6, 6.07) is 0. The van der Waals surface area contributed by atoms with Crippen molar-refractivity contribution in [2.75, 3.05) is 5.73 Å². The minimum atomic E-state index is -0.689. The Kier molecular flexibility index (Phi) is 2.57. The zero-order chi connectivity index (χ0) is 10.8. The largest absolute Gasteiger partial charge is 0.481 e. The van der Waals surface area contributed by atoms with Gasteiger partial charge in [0, 0.05) is 5.92 Å². The summed E-state index contributed by atoms with van der Waals surface area (Å²) >= 11 is 0. The molecule has 0 spiro atoms. The van der Waals surface area contributed by atoms with E-state index < -0.39 is 5.97 Å². The van der Waals surface area contributed by atoms with E-state index >= 15 is 0 Å². The van der Waals surface area contributed by atoms with Gasteiger partial charge >= 0.3 is 5.97 Å². The van der Waals surface area contributed by atoms with Gasteiger partial charge in [0.15, 0.2) is 0 Å². The lowest BCUT2D eigenvalue weighted by Crippen LogP contribution is -2.21. The summed E-state index contributed by atoms with van der Waals surface area (Å²) in [5, 5.41) is 15.4. The van der Waals surface area contributed by atoms with Gasteiger partial charge < -0.3 is 10.8 Å². The van der Waals surface area contributed by atoms with E-state index in [1.165, 1.54) is 0 Å². The highest BCUT2D eigenvalue weighted by molar-refractivity contribution is 5.70. The average molecular weight is 210 g/mol. The first-order valence-electron chi connectivity index (χ1n) is 5.07. The number of nitrogens with one attached hydrogen (secondary N) is 1. The topological polar surface area (TPSA) is 105 Å². The molecule has 0 bridgehead atoms. The molecule has 1 aromatic rings. The van der Waals surface area contributed by atoms with E-state index in [0.717, 1.165) is 18.7 Å². The third-order valence-corrected chi connectivity index (χ3v) is 2.98. The number of nitrogens with two attached hydrogens (primary N) is 1. The van der Waals surface area contributed by atoms with Crippen LogP contribution < -0.4 is 5.73 Å². The Morgan fingerprint density at radius 3 is 2.53 bits per heavy atom. The van der Waals surface area contributed by atoms with Gasteiger partial charge in [0.05, 0.1) is 5.92 Å². The Morgan fingerprint density at radius 2 is 2.07 bits per heavy atom. The Hall–Kier alpha value is -1.59. The van der Waals surface area contributed by atoms with Crippen LogP contribution in [0, 0.1) is 5.92 Å². The van der Waals surface area contributed by atoms with Crippen molar-refractivity contribution < 1.29 is 9.90 Å². The highest BCUT2D eigenvalue weighted by atomic mass is 16.4. The van der Waals surface area contributed by atoms with Crippen molar-refractivity contribution in [2.24, 2.45) is 5.92 Å². The SMILES string of the molecule is Nc1n[nH]c(C2CCC(C(=O)O)CC2)n1. The van der Waals surface area contributed by atoms with Crippen molar-refractivity contribution in [1.29, 1.82) is 0 Å². The number of nitrogens with zero attached hydrogens (tertiary/aromatic N) is 2. The van der Waals surface area contributed by atoms with Crippen molar-refractivity contribution in [3.8, 4) is 0 Å². The summed E-state index contributed by atoms with van der Waals surface area (Å²) in [5.41, 5.74) is 5.41. The van der Waals surface area contributed by atoms with Gasteiger partial charge in [-0.25, -0.2) is 0 Å². The monoisotopic (exact) mass is 210 g/mol. The highest BCUT2D eigenvalue weighted by Gasteiger charge is 2.28. The number of aromatic nitrogens is 3. The Bertz CT molecular complexity index is 355. The Labute approximate surface area is 86.9 Å². The van der Waals surface area contributed by atoms with Crippen LogP contribution in [-0.4, -0.2) is 26.3 Å². The number of carboxylic acid groups (broad SMARTS) is 1. The smallest absolute Gasteiger partial charge is 0.306 e. The van der Waals surface area contributed by atoms with Crippen LogP contribution in [0.4, 0.5) is 5.95 Å². The van der Waals surface area contributed by atoms with E-state index in [4.69, 9.17) is 10.8 Å². The molecule has 82 valence electrons. The minimum Gasteiger partial charge on any atom is -0.481 e. The van der Waals surface area contributed by atoms with E-state index in [1.54, 1.807) is 0 Å². The van der Waals surface area contributed by atoms with Crippen molar-refractivity contribution in [2.45, 2.75) is 31.6 Å². The predicted molar refractivity (Wildman–Crippen MR) is 53.1 cm³/mol. The summed E-state index contributed by atoms with van der Waals surface area (Å²) in [5.74, 6) is 0.444. The first-order valence-corrected chi connectivity index (χ1v) is 5.07. The Morgan fingerprint density at radius 1 is 1.40 bits per heavy atom. The second-order valence-electron chi connectivity index (χ2n) is 3.97. The molecule has 1 saturated carbocycles. The van der Waals surface area contributed by atoms with Gasteiger partial charge in [0.1, 0.15) is 5.82 Å². The van der Waals surface area contributed by atoms with Crippen molar-refractivity contribution in [3.63, 3.8) is 0 Å². The zero-order valence-electron chi connectivity index (χ0n) is 8.31. The summed E-state index contributed by atoms with van der Waals surface area (Å²) in [6.45, 7) is 0. The number of aliphatic carboxylic acids is 1. The first kappa shape index (κ1) is 9.95. The highest BCUT2D eigenvalue weighted by Crippen LogP contribution is 2.34. The van der Waals surface area contributed by atoms with Gasteiger partial charge in [0.25, 0.3) is 0 Å². The van der Waals surface area contributed by atoms with Crippen molar-refractivity contribution in [3.05, 3.63) is 5.82 Å². The van der Waals surface area contributed by atoms with E-state index in [9.17, 15) is 4.79 Å². The number of carboxylic acids is 1. The second kappa shape index (κ2) is 3.88. The number of hydrogen-bond donors (Lipinski definition) is 3. The standard InChI is InChI=1S/C9H14N4O2/c10-9-11-7(12-13-9)5-1-3-6(4-2-5)8(14)15/h5-6H,1-4H2,(H,14,15)(H3,10,11,12,13). The molecule has 0 atom stereocenters. The molecule has 0 amide bonds. The van der Waals surface area contributed by atoms with Gasteiger partial charge in [-0.3, -0.25) is 9.89 Å². The average Bonchev–Trinajstić information content (AvgIpc) is 2.65. The molecular weight excluding hydrogens is 196 g/mol. The Balaban J connectivity index is 1.96. The lowest BCUT2D eigenvalue weighted by molar-refractivity contribution is -0.142. The van der Waals surface area contributed by atoms with Gasteiger partial charge in [0.2, 0.25) is 5.95 Å². The van der Waals surface area contributed by atoms with Crippen LogP contribution in [0.1, 0.15) is 37.4 Å². The quantitative estimate of drug-likeness (QED) is 0.667.